The van der Waals surface area contributed by atoms with Gasteiger partial charge < -0.3 is 5.73 Å². The van der Waals surface area contributed by atoms with Gasteiger partial charge in [0.2, 0.25) is 10.0 Å². The number of hydrogen-bond donors (Lipinski definition) is 1. The highest BCUT2D eigenvalue weighted by atomic mass is 32.2. The van der Waals surface area contributed by atoms with E-state index < -0.39 is 10.0 Å². The molecule has 1 aliphatic rings. The highest BCUT2D eigenvalue weighted by Gasteiger charge is 2.33. The number of aryl methyl sites for hydroxylation is 1. The number of piperidine rings is 1. The normalized spacial score (nSPS) is 21.0. The number of nitrogens with two attached hydrogens (primary N) is 1. The van der Waals surface area contributed by atoms with Crippen LogP contribution in [0.1, 0.15) is 44.6 Å². The number of hydrogen-bond acceptors (Lipinski definition) is 3. The van der Waals surface area contributed by atoms with Crippen LogP contribution in [0.25, 0.3) is 0 Å². The minimum absolute atomic E-state index is 0.139. The van der Waals surface area contributed by atoms with Crippen LogP contribution in [0.3, 0.4) is 0 Å². The van der Waals surface area contributed by atoms with Crippen molar-refractivity contribution in [3.8, 4) is 0 Å². The molecule has 1 aliphatic heterocycles. The fraction of sp³-hybridized carbons (Fsp3) is 0.600. The lowest BCUT2D eigenvalue weighted by Crippen LogP contribution is -2.43. The van der Waals surface area contributed by atoms with Crippen molar-refractivity contribution in [3.63, 3.8) is 0 Å². The zero-order chi connectivity index (χ0) is 14.8. The zero-order valence-corrected chi connectivity index (χ0v) is 13.1. The second-order valence-electron chi connectivity index (χ2n) is 5.58. The Morgan fingerprint density at radius 1 is 1.35 bits per heavy atom. The van der Waals surface area contributed by atoms with Crippen molar-refractivity contribution in [1.82, 2.24) is 4.31 Å². The summed E-state index contributed by atoms with van der Waals surface area (Å²) in [6, 6.07) is 5.25. The van der Waals surface area contributed by atoms with Gasteiger partial charge in [0.15, 0.2) is 0 Å². The molecule has 5 heteroatoms. The molecule has 1 heterocycles. The van der Waals surface area contributed by atoms with Crippen molar-refractivity contribution in [2.45, 2.75) is 56.9 Å². The van der Waals surface area contributed by atoms with Gasteiger partial charge in [0.05, 0.1) is 4.90 Å². The number of rotatable bonds is 4. The molecule has 2 N–H and O–H groups in total. The van der Waals surface area contributed by atoms with Crippen molar-refractivity contribution in [3.05, 3.63) is 23.8 Å². The zero-order valence-electron chi connectivity index (χ0n) is 12.3. The Hall–Kier alpha value is -1.07. The van der Waals surface area contributed by atoms with Crippen LogP contribution in [0.2, 0.25) is 0 Å². The topological polar surface area (TPSA) is 63.4 Å². The maximum Gasteiger partial charge on any atom is 0.243 e. The number of nitrogens with zero attached hydrogens (tertiary/aromatic N) is 1. The van der Waals surface area contributed by atoms with Crippen LogP contribution in [0, 0.1) is 6.92 Å². The lowest BCUT2D eigenvalue weighted by molar-refractivity contribution is 0.239. The van der Waals surface area contributed by atoms with Crippen LogP contribution in [0.5, 0.6) is 0 Å². The highest BCUT2D eigenvalue weighted by molar-refractivity contribution is 7.89. The van der Waals surface area contributed by atoms with Gasteiger partial charge in [0, 0.05) is 18.3 Å². The molecule has 1 saturated heterocycles. The van der Waals surface area contributed by atoms with Gasteiger partial charge in [-0.05, 0) is 43.9 Å². The molecule has 20 heavy (non-hydrogen) atoms. The van der Waals surface area contributed by atoms with Crippen molar-refractivity contribution in [2.75, 3.05) is 12.3 Å². The standard InChI is InChI=1S/C15H24N2O2S/c1-3-6-14-7-4-5-10-17(14)20(18,19)15-11-13(16)9-8-12(15)2/h8-9,11,14H,3-7,10,16H2,1-2H3. The van der Waals surface area contributed by atoms with E-state index in [0.29, 0.717) is 17.1 Å². The third-order valence-electron chi connectivity index (χ3n) is 3.99. The molecule has 112 valence electrons. The number of sulfonamides is 1. The lowest BCUT2D eigenvalue weighted by Gasteiger charge is -2.35. The molecule has 1 fully saturated rings. The van der Waals surface area contributed by atoms with Gasteiger partial charge in [-0.2, -0.15) is 4.31 Å². The van der Waals surface area contributed by atoms with Gasteiger partial charge in [0.25, 0.3) is 0 Å². The molecular formula is C15H24N2O2S. The quantitative estimate of drug-likeness (QED) is 0.869. The second kappa shape index (κ2) is 6.14. The summed E-state index contributed by atoms with van der Waals surface area (Å²) in [5.41, 5.74) is 7.03. The Labute approximate surface area is 122 Å². The molecule has 1 unspecified atom stereocenters. The van der Waals surface area contributed by atoms with Crippen LogP contribution in [0.15, 0.2) is 23.1 Å². The summed E-state index contributed by atoms with van der Waals surface area (Å²) in [6.07, 6.45) is 4.97. The molecule has 0 bridgehead atoms. The summed E-state index contributed by atoms with van der Waals surface area (Å²) in [7, 11) is -3.43. The van der Waals surface area contributed by atoms with E-state index in [-0.39, 0.29) is 6.04 Å². The van der Waals surface area contributed by atoms with E-state index in [1.165, 1.54) is 0 Å². The van der Waals surface area contributed by atoms with Crippen molar-refractivity contribution < 1.29 is 8.42 Å². The van der Waals surface area contributed by atoms with E-state index in [9.17, 15) is 8.42 Å². The lowest BCUT2D eigenvalue weighted by atomic mass is 10.0. The Morgan fingerprint density at radius 2 is 2.10 bits per heavy atom. The molecule has 0 spiro atoms. The van der Waals surface area contributed by atoms with Gasteiger partial charge in [-0.3, -0.25) is 0 Å². The largest absolute Gasteiger partial charge is 0.399 e. The summed E-state index contributed by atoms with van der Waals surface area (Å²) in [6.45, 7) is 4.55. The van der Waals surface area contributed by atoms with Gasteiger partial charge in [0.1, 0.15) is 0 Å². The number of benzene rings is 1. The highest BCUT2D eigenvalue weighted by Crippen LogP contribution is 2.30. The molecule has 0 aliphatic carbocycles. The van der Waals surface area contributed by atoms with E-state index in [2.05, 4.69) is 6.92 Å². The second-order valence-corrected chi connectivity index (χ2v) is 7.44. The van der Waals surface area contributed by atoms with E-state index >= 15 is 0 Å². The summed E-state index contributed by atoms with van der Waals surface area (Å²) in [5.74, 6) is 0. The van der Waals surface area contributed by atoms with Gasteiger partial charge in [-0.1, -0.05) is 25.8 Å². The Kier molecular flexibility index (Phi) is 4.70. The molecule has 1 atom stereocenters. The molecule has 0 saturated carbocycles. The van der Waals surface area contributed by atoms with Crippen LogP contribution in [0.4, 0.5) is 5.69 Å². The van der Waals surface area contributed by atoms with E-state index in [4.69, 9.17) is 5.73 Å². The van der Waals surface area contributed by atoms with E-state index in [0.717, 1.165) is 37.7 Å². The molecule has 1 aromatic carbocycles. The summed E-state index contributed by atoms with van der Waals surface area (Å²) < 4.78 is 27.5. The van der Waals surface area contributed by atoms with Crippen molar-refractivity contribution >= 4 is 15.7 Å². The van der Waals surface area contributed by atoms with E-state index in [1.54, 1.807) is 22.5 Å². The summed E-state index contributed by atoms with van der Waals surface area (Å²) >= 11 is 0. The summed E-state index contributed by atoms with van der Waals surface area (Å²) in [5, 5.41) is 0. The Balaban J connectivity index is 2.39. The first-order valence-electron chi connectivity index (χ1n) is 7.34. The molecule has 4 nitrogen and oxygen atoms in total. The Morgan fingerprint density at radius 3 is 2.80 bits per heavy atom. The molecular weight excluding hydrogens is 272 g/mol. The van der Waals surface area contributed by atoms with Crippen LogP contribution in [-0.4, -0.2) is 25.3 Å². The van der Waals surface area contributed by atoms with Crippen LogP contribution >= 0.6 is 0 Å². The fourth-order valence-electron chi connectivity index (χ4n) is 2.93. The van der Waals surface area contributed by atoms with Gasteiger partial charge >= 0.3 is 0 Å². The average Bonchev–Trinajstić information content (AvgIpc) is 2.42. The molecule has 0 radical (unpaired) electrons. The summed E-state index contributed by atoms with van der Waals surface area (Å²) in [4.78, 5) is 0.362. The third-order valence-corrected chi connectivity index (χ3v) is 6.09. The molecule has 1 aromatic rings. The first-order valence-corrected chi connectivity index (χ1v) is 8.78. The maximum absolute atomic E-state index is 12.9. The smallest absolute Gasteiger partial charge is 0.243 e. The minimum atomic E-state index is -3.43. The monoisotopic (exact) mass is 296 g/mol. The first-order chi connectivity index (χ1) is 9.46. The first kappa shape index (κ1) is 15.3. The number of anilines is 1. The number of nitrogen functional groups attached to an aromatic ring is 1. The maximum atomic E-state index is 12.9. The van der Waals surface area contributed by atoms with Crippen LogP contribution < -0.4 is 5.73 Å². The van der Waals surface area contributed by atoms with Gasteiger partial charge in [-0.15, -0.1) is 0 Å². The van der Waals surface area contributed by atoms with Crippen LogP contribution in [-0.2, 0) is 10.0 Å². The van der Waals surface area contributed by atoms with Crippen molar-refractivity contribution in [1.29, 1.82) is 0 Å². The molecule has 0 amide bonds. The average molecular weight is 296 g/mol. The fourth-order valence-corrected chi connectivity index (χ4v) is 4.92. The predicted octanol–water partition coefficient (Wildman–Crippen LogP) is 2.92. The SMILES string of the molecule is CCCC1CCCCN1S(=O)(=O)c1cc(N)ccc1C. The predicted molar refractivity (Wildman–Crippen MR) is 82.0 cm³/mol. The molecule has 2 rings (SSSR count). The minimum Gasteiger partial charge on any atom is -0.399 e. The molecule has 0 aromatic heterocycles. The van der Waals surface area contributed by atoms with Gasteiger partial charge in [-0.25, -0.2) is 8.42 Å². The Bertz CT molecular complexity index is 567. The van der Waals surface area contributed by atoms with E-state index in [1.807, 2.05) is 6.92 Å². The van der Waals surface area contributed by atoms with Crippen molar-refractivity contribution in [2.24, 2.45) is 0 Å². The third kappa shape index (κ3) is 2.99.